The number of hydrogen-bond acceptors (Lipinski definition) is 3. The van der Waals surface area contributed by atoms with E-state index in [1.807, 2.05) is 6.07 Å². The molecular formula is C16H17NO2. The summed E-state index contributed by atoms with van der Waals surface area (Å²) in [7, 11) is 1.55. The number of nitrogens with one attached hydrogen (secondary N) is 1. The molecule has 0 heterocycles. The molecule has 0 atom stereocenters. The monoisotopic (exact) mass is 255 g/mol. The van der Waals surface area contributed by atoms with Gasteiger partial charge in [0.05, 0.1) is 7.11 Å². The highest BCUT2D eigenvalue weighted by Crippen LogP contribution is 2.30. The second-order valence-electron chi connectivity index (χ2n) is 4.90. The first-order valence-corrected chi connectivity index (χ1v) is 6.46. The van der Waals surface area contributed by atoms with E-state index in [2.05, 4.69) is 29.6 Å². The molecule has 0 saturated carbocycles. The number of fused-ring (bicyclic) bond motifs is 1. The second-order valence-corrected chi connectivity index (χ2v) is 4.90. The van der Waals surface area contributed by atoms with Gasteiger partial charge in [-0.25, -0.2) is 0 Å². The summed E-state index contributed by atoms with van der Waals surface area (Å²) < 4.78 is 5.04. The van der Waals surface area contributed by atoms with Crippen LogP contribution in [0.25, 0.3) is 0 Å². The van der Waals surface area contributed by atoms with Gasteiger partial charge in [-0.1, -0.05) is 24.3 Å². The van der Waals surface area contributed by atoms with Crippen LogP contribution >= 0.6 is 0 Å². The molecule has 1 aliphatic rings. The fourth-order valence-electron chi connectivity index (χ4n) is 2.68. The molecule has 2 N–H and O–H groups in total. The van der Waals surface area contributed by atoms with E-state index in [9.17, 15) is 5.11 Å². The summed E-state index contributed by atoms with van der Waals surface area (Å²) >= 11 is 0. The highest BCUT2D eigenvalue weighted by atomic mass is 16.5. The molecular weight excluding hydrogens is 238 g/mol. The van der Waals surface area contributed by atoms with Crippen LogP contribution in [-0.2, 0) is 12.8 Å². The summed E-state index contributed by atoms with van der Waals surface area (Å²) in [5.41, 5.74) is 3.76. The molecule has 2 aromatic rings. The Morgan fingerprint density at radius 1 is 1.11 bits per heavy atom. The van der Waals surface area contributed by atoms with Crippen LogP contribution < -0.4 is 10.1 Å². The summed E-state index contributed by atoms with van der Waals surface area (Å²) in [6.07, 6.45) is 2.06. The lowest BCUT2D eigenvalue weighted by molar-refractivity contribution is 0.373. The lowest BCUT2D eigenvalue weighted by Gasteiger charge is -2.14. The minimum absolute atomic E-state index is 0.169. The van der Waals surface area contributed by atoms with Gasteiger partial charge in [0.15, 0.2) is 11.5 Å². The van der Waals surface area contributed by atoms with Gasteiger partial charge in [-0.3, -0.25) is 0 Å². The van der Waals surface area contributed by atoms with Gasteiger partial charge in [-0.05, 0) is 36.1 Å². The van der Waals surface area contributed by atoms with Gasteiger partial charge in [0.1, 0.15) is 0 Å². The molecule has 0 unspecified atom stereocenters. The Morgan fingerprint density at radius 2 is 1.79 bits per heavy atom. The molecule has 0 saturated heterocycles. The van der Waals surface area contributed by atoms with Crippen LogP contribution in [0.15, 0.2) is 42.5 Å². The summed E-state index contributed by atoms with van der Waals surface area (Å²) in [5.74, 6) is 0.670. The normalized spacial score (nSPS) is 14.2. The van der Waals surface area contributed by atoms with Crippen molar-refractivity contribution >= 4 is 5.69 Å². The average molecular weight is 255 g/mol. The van der Waals surface area contributed by atoms with Gasteiger partial charge in [0.25, 0.3) is 0 Å². The number of aromatic hydroxyl groups is 1. The molecule has 0 spiro atoms. The maximum Gasteiger partial charge on any atom is 0.160 e. The van der Waals surface area contributed by atoms with E-state index >= 15 is 0 Å². The third-order valence-corrected chi connectivity index (χ3v) is 3.60. The van der Waals surface area contributed by atoms with Gasteiger partial charge in [0.2, 0.25) is 0 Å². The van der Waals surface area contributed by atoms with Gasteiger partial charge < -0.3 is 15.2 Å². The zero-order chi connectivity index (χ0) is 13.2. The predicted molar refractivity (Wildman–Crippen MR) is 75.9 cm³/mol. The third kappa shape index (κ3) is 2.36. The van der Waals surface area contributed by atoms with E-state index in [1.165, 1.54) is 11.1 Å². The maximum absolute atomic E-state index is 9.77. The summed E-state index contributed by atoms with van der Waals surface area (Å²) in [5, 5.41) is 13.2. The molecule has 0 aliphatic heterocycles. The van der Waals surface area contributed by atoms with Crippen molar-refractivity contribution in [3.63, 3.8) is 0 Å². The lowest BCUT2D eigenvalue weighted by Crippen LogP contribution is -2.19. The Hall–Kier alpha value is -2.16. The van der Waals surface area contributed by atoms with Crippen molar-refractivity contribution in [1.29, 1.82) is 0 Å². The van der Waals surface area contributed by atoms with Crippen molar-refractivity contribution < 1.29 is 9.84 Å². The Bertz CT molecular complexity index is 570. The van der Waals surface area contributed by atoms with E-state index in [4.69, 9.17) is 4.74 Å². The largest absolute Gasteiger partial charge is 0.504 e. The maximum atomic E-state index is 9.77. The van der Waals surface area contributed by atoms with E-state index in [0.717, 1.165) is 18.5 Å². The molecule has 3 heteroatoms. The fourth-order valence-corrected chi connectivity index (χ4v) is 2.68. The van der Waals surface area contributed by atoms with Crippen LogP contribution in [0.5, 0.6) is 11.5 Å². The van der Waals surface area contributed by atoms with E-state index in [-0.39, 0.29) is 5.75 Å². The molecule has 2 aromatic carbocycles. The smallest absolute Gasteiger partial charge is 0.160 e. The molecule has 19 heavy (non-hydrogen) atoms. The molecule has 3 nitrogen and oxygen atoms in total. The quantitative estimate of drug-likeness (QED) is 0.886. The molecule has 0 aromatic heterocycles. The van der Waals surface area contributed by atoms with Gasteiger partial charge in [-0.15, -0.1) is 0 Å². The minimum atomic E-state index is 0.169. The van der Waals surface area contributed by atoms with Crippen LogP contribution in [0.3, 0.4) is 0 Å². The number of rotatable bonds is 3. The van der Waals surface area contributed by atoms with Crippen molar-refractivity contribution in [3.8, 4) is 11.5 Å². The topological polar surface area (TPSA) is 41.5 Å². The zero-order valence-corrected chi connectivity index (χ0v) is 10.9. The molecule has 98 valence electrons. The standard InChI is InChI=1S/C16H17NO2/c1-19-16-7-6-13(10-15(16)18)17-14-8-11-4-2-3-5-12(11)9-14/h2-7,10,14,17-18H,8-9H2,1H3. The first-order valence-electron chi connectivity index (χ1n) is 6.46. The number of benzene rings is 2. The number of hydrogen-bond donors (Lipinski definition) is 2. The molecule has 0 bridgehead atoms. The Morgan fingerprint density at radius 3 is 2.37 bits per heavy atom. The first-order chi connectivity index (χ1) is 9.26. The highest BCUT2D eigenvalue weighted by molar-refractivity contribution is 5.55. The van der Waals surface area contributed by atoms with Crippen LogP contribution in [0.1, 0.15) is 11.1 Å². The number of phenolic OH excluding ortho intramolecular Hbond substituents is 1. The number of anilines is 1. The van der Waals surface area contributed by atoms with Crippen molar-refractivity contribution in [3.05, 3.63) is 53.6 Å². The van der Waals surface area contributed by atoms with E-state index in [0.29, 0.717) is 11.8 Å². The lowest BCUT2D eigenvalue weighted by atomic mass is 10.1. The highest BCUT2D eigenvalue weighted by Gasteiger charge is 2.20. The zero-order valence-electron chi connectivity index (χ0n) is 10.9. The predicted octanol–water partition coefficient (Wildman–Crippen LogP) is 2.98. The van der Waals surface area contributed by atoms with E-state index in [1.54, 1.807) is 19.2 Å². The number of methoxy groups -OCH3 is 1. The number of phenols is 1. The first kappa shape index (κ1) is 11.9. The second kappa shape index (κ2) is 4.84. The molecule has 0 amide bonds. The summed E-state index contributed by atoms with van der Waals surface area (Å²) in [6.45, 7) is 0. The van der Waals surface area contributed by atoms with Gasteiger partial charge >= 0.3 is 0 Å². The van der Waals surface area contributed by atoms with Crippen LogP contribution in [0.2, 0.25) is 0 Å². The van der Waals surface area contributed by atoms with Crippen molar-refractivity contribution in [2.75, 3.05) is 12.4 Å². The molecule has 0 fully saturated rings. The molecule has 1 aliphatic carbocycles. The third-order valence-electron chi connectivity index (χ3n) is 3.60. The van der Waals surface area contributed by atoms with Crippen LogP contribution in [0.4, 0.5) is 5.69 Å². The Balaban J connectivity index is 1.72. The summed E-state index contributed by atoms with van der Waals surface area (Å²) in [6, 6.07) is 14.3. The fraction of sp³-hybridized carbons (Fsp3) is 0.250. The Kier molecular flexibility index (Phi) is 3.03. The SMILES string of the molecule is COc1ccc(NC2Cc3ccccc3C2)cc1O. The molecule has 3 rings (SSSR count). The van der Waals surface area contributed by atoms with Gasteiger partial charge in [-0.2, -0.15) is 0 Å². The average Bonchev–Trinajstić information content (AvgIpc) is 2.81. The van der Waals surface area contributed by atoms with Crippen LogP contribution in [-0.4, -0.2) is 18.3 Å². The summed E-state index contributed by atoms with van der Waals surface area (Å²) in [4.78, 5) is 0. The minimum Gasteiger partial charge on any atom is -0.504 e. The van der Waals surface area contributed by atoms with Gasteiger partial charge in [0, 0.05) is 17.8 Å². The van der Waals surface area contributed by atoms with Crippen molar-refractivity contribution in [1.82, 2.24) is 0 Å². The Labute approximate surface area is 112 Å². The molecule has 0 radical (unpaired) electrons. The van der Waals surface area contributed by atoms with Crippen molar-refractivity contribution in [2.24, 2.45) is 0 Å². The van der Waals surface area contributed by atoms with Crippen molar-refractivity contribution in [2.45, 2.75) is 18.9 Å². The van der Waals surface area contributed by atoms with Crippen LogP contribution in [0, 0.1) is 0 Å². The van der Waals surface area contributed by atoms with E-state index < -0.39 is 0 Å². The number of ether oxygens (including phenoxy) is 1.